The van der Waals surface area contributed by atoms with Crippen molar-refractivity contribution in [2.75, 3.05) is 0 Å². The second-order valence-electron chi connectivity index (χ2n) is 4.88. The Morgan fingerprint density at radius 1 is 1.00 bits per heavy atom. The molecule has 0 heterocycles. The zero-order valence-electron chi connectivity index (χ0n) is 11.8. The van der Waals surface area contributed by atoms with Gasteiger partial charge in [0.05, 0.1) is 11.2 Å². The maximum atomic E-state index is 11.4. The quantitative estimate of drug-likeness (QED) is 0.615. The Kier molecular flexibility index (Phi) is 7.54. The van der Waals surface area contributed by atoms with Crippen LogP contribution in [0.3, 0.4) is 0 Å². The first kappa shape index (κ1) is 18.1. The van der Waals surface area contributed by atoms with Crippen LogP contribution in [-0.2, 0) is 13.6 Å². The van der Waals surface area contributed by atoms with Gasteiger partial charge in [0.25, 0.3) is 0 Å². The predicted molar refractivity (Wildman–Crippen MR) is 59.5 cm³/mol. The van der Waals surface area contributed by atoms with Gasteiger partial charge < -0.3 is 7.75 Å². The average Bonchev–Trinajstić information content (AvgIpc) is 1.43. The summed E-state index contributed by atoms with van der Waals surface area (Å²) in [6, 6.07) is 0. The van der Waals surface area contributed by atoms with Crippen molar-refractivity contribution in [2.24, 2.45) is 0 Å². The Bertz CT molecular complexity index is 205. The molecular weight excluding hydrogens is 328 g/mol. The van der Waals surface area contributed by atoms with E-state index >= 15 is 0 Å². The van der Waals surface area contributed by atoms with Crippen LogP contribution < -0.4 is 0 Å². The molecule has 84 valence electrons. The zero-order chi connectivity index (χ0) is 10.9. The summed E-state index contributed by atoms with van der Waals surface area (Å²) in [6.45, 7) is 10.2. The Balaban J connectivity index is -0.000000240. The van der Waals surface area contributed by atoms with Gasteiger partial charge in [-0.2, -0.15) is 0 Å². The van der Waals surface area contributed by atoms with Gasteiger partial charge in [-0.05, 0) is 41.5 Å². The maximum absolute atomic E-state index is 11.4. The molecule has 0 fully saturated rings. The number of phosphoric acid groups is 1. The van der Waals surface area contributed by atoms with Gasteiger partial charge in [-0.25, -0.2) is 4.57 Å². The minimum absolute atomic E-state index is 0. The van der Waals surface area contributed by atoms with Crippen LogP contribution in [0.5, 0.6) is 0 Å². The van der Waals surface area contributed by atoms with Crippen LogP contribution in [-0.4, -0.2) is 65.0 Å². The Hall–Kier alpha value is 1.68. The van der Waals surface area contributed by atoms with Crippen LogP contribution in [0.4, 0.5) is 0 Å². The molecule has 0 saturated carbocycles. The number of rotatable bonds is 2. The van der Waals surface area contributed by atoms with E-state index in [4.69, 9.17) is 9.05 Å². The van der Waals surface area contributed by atoms with Crippen molar-refractivity contribution < 1.29 is 21.4 Å². The minimum Gasteiger partial charge on any atom is -1.00 e. The molecule has 0 aromatic heterocycles. The predicted octanol–water partition coefficient (Wildman–Crippen LogP) is 2.56. The molecule has 0 saturated heterocycles. The summed E-state index contributed by atoms with van der Waals surface area (Å²) in [5, 5.41) is 0. The summed E-state index contributed by atoms with van der Waals surface area (Å²) in [7, 11) is -3.94. The second-order valence-corrected chi connectivity index (χ2v) is 6.18. The van der Waals surface area contributed by atoms with Crippen molar-refractivity contribution in [3.63, 3.8) is 0 Å². The van der Waals surface area contributed by atoms with Crippen molar-refractivity contribution in [2.45, 2.75) is 52.7 Å². The minimum atomic E-state index is -3.94. The molecule has 0 aromatic carbocycles. The van der Waals surface area contributed by atoms with E-state index in [9.17, 15) is 9.46 Å². The molecule has 14 heavy (non-hydrogen) atoms. The normalized spacial score (nSPS) is 13.6. The molecule has 0 radical (unpaired) electrons. The smallest absolute Gasteiger partial charge is 1.00 e. The molecular formula is C8H21BaO4P. The second kappa shape index (κ2) is 5.85. The van der Waals surface area contributed by atoms with Gasteiger partial charge in [-0.3, -0.25) is 9.05 Å². The molecule has 4 nitrogen and oxygen atoms in total. The number of hydrogen-bond acceptors (Lipinski definition) is 3. The van der Waals surface area contributed by atoms with Gasteiger partial charge in [-0.1, -0.05) is 0 Å². The van der Waals surface area contributed by atoms with Crippen molar-refractivity contribution >= 4 is 56.7 Å². The van der Waals surface area contributed by atoms with Crippen molar-refractivity contribution in [1.29, 1.82) is 0 Å². The molecule has 0 rings (SSSR count). The van der Waals surface area contributed by atoms with Gasteiger partial charge in [-0.15, -0.1) is 0 Å². The van der Waals surface area contributed by atoms with Crippen LogP contribution in [0.1, 0.15) is 44.4 Å². The molecule has 0 amide bonds. The van der Waals surface area contributed by atoms with Crippen LogP contribution in [0, 0.1) is 0 Å². The molecule has 0 bridgehead atoms. The van der Waals surface area contributed by atoms with Crippen LogP contribution in [0.15, 0.2) is 0 Å². The molecule has 0 spiro atoms. The maximum Gasteiger partial charge on any atom is 2.00 e. The number of hydrogen-bond donors (Lipinski definition) is 1. The molecule has 0 aliphatic rings. The summed E-state index contributed by atoms with van der Waals surface area (Å²) >= 11 is 0. The van der Waals surface area contributed by atoms with Gasteiger partial charge in [0, 0.05) is 0 Å². The molecule has 0 aliphatic carbocycles. The molecule has 6 heteroatoms. The largest absolute Gasteiger partial charge is 2.00 e. The summed E-state index contributed by atoms with van der Waals surface area (Å²) in [5.74, 6) is 0. The van der Waals surface area contributed by atoms with E-state index in [1.165, 1.54) is 0 Å². The Morgan fingerprint density at radius 3 is 1.36 bits per heavy atom. The van der Waals surface area contributed by atoms with Crippen molar-refractivity contribution in [1.82, 2.24) is 0 Å². The van der Waals surface area contributed by atoms with E-state index in [0.717, 1.165) is 0 Å². The fourth-order valence-corrected chi connectivity index (χ4v) is 2.13. The van der Waals surface area contributed by atoms with Crippen LogP contribution in [0.2, 0.25) is 0 Å². The summed E-state index contributed by atoms with van der Waals surface area (Å²) in [4.78, 5) is 9.30. The third-order valence-corrected chi connectivity index (χ3v) is 2.34. The Morgan fingerprint density at radius 2 is 1.21 bits per heavy atom. The Labute approximate surface area is 129 Å². The molecule has 0 aromatic rings. The van der Waals surface area contributed by atoms with E-state index < -0.39 is 19.0 Å². The van der Waals surface area contributed by atoms with Crippen molar-refractivity contribution in [3.05, 3.63) is 0 Å². The van der Waals surface area contributed by atoms with Crippen LogP contribution in [0.25, 0.3) is 0 Å². The van der Waals surface area contributed by atoms with Gasteiger partial charge in [0.15, 0.2) is 0 Å². The third kappa shape index (κ3) is 11.8. The van der Waals surface area contributed by atoms with Crippen molar-refractivity contribution in [3.8, 4) is 0 Å². The fourth-order valence-electron chi connectivity index (χ4n) is 0.711. The summed E-state index contributed by atoms with van der Waals surface area (Å²) in [5.41, 5.74) is -1.37. The SMILES string of the molecule is CC(C)(C)OP(=O)(O)OC(C)(C)C.[Ba+2].[H-].[H-]. The average molecular weight is 350 g/mol. The van der Waals surface area contributed by atoms with E-state index in [2.05, 4.69) is 0 Å². The fraction of sp³-hybridized carbons (Fsp3) is 1.00. The first-order chi connectivity index (χ1) is 5.41. The summed E-state index contributed by atoms with van der Waals surface area (Å²) in [6.07, 6.45) is 0. The first-order valence-electron chi connectivity index (χ1n) is 4.16. The monoisotopic (exact) mass is 350 g/mol. The molecule has 1 N–H and O–H groups in total. The topological polar surface area (TPSA) is 55.8 Å². The zero-order valence-corrected chi connectivity index (χ0v) is 15.2. The van der Waals surface area contributed by atoms with E-state index in [-0.39, 0.29) is 51.7 Å². The first-order valence-corrected chi connectivity index (χ1v) is 5.65. The molecule has 0 aliphatic heterocycles. The van der Waals surface area contributed by atoms with E-state index in [1.54, 1.807) is 41.5 Å². The molecule has 0 atom stereocenters. The number of phosphoric ester groups is 1. The summed E-state index contributed by atoms with van der Waals surface area (Å²) < 4.78 is 21.1. The van der Waals surface area contributed by atoms with Gasteiger partial charge >= 0.3 is 56.7 Å². The van der Waals surface area contributed by atoms with Crippen LogP contribution >= 0.6 is 7.82 Å². The van der Waals surface area contributed by atoms with E-state index in [0.29, 0.717) is 0 Å². The third-order valence-electron chi connectivity index (χ3n) is 0.778. The van der Waals surface area contributed by atoms with E-state index in [1.807, 2.05) is 0 Å². The molecule has 0 unspecified atom stereocenters. The standard InChI is InChI=1S/C8H19O4P.Ba.2H/c1-7(2,3)11-13(9,10)12-8(4,5)6;;;/h1-6H3,(H,9,10);;;/q;+2;2*-1. The van der Waals surface area contributed by atoms with Gasteiger partial charge in [0.1, 0.15) is 0 Å². The van der Waals surface area contributed by atoms with Gasteiger partial charge in [0.2, 0.25) is 0 Å².